The van der Waals surface area contributed by atoms with Gasteiger partial charge in [0.25, 0.3) is 0 Å². The van der Waals surface area contributed by atoms with E-state index in [-0.39, 0.29) is 0 Å². The van der Waals surface area contributed by atoms with Crippen LogP contribution in [0.15, 0.2) is 10.8 Å². The molecule has 0 atom stereocenters. The molecule has 1 heterocycles. The van der Waals surface area contributed by atoms with E-state index in [0.717, 1.165) is 23.4 Å². The molecule has 0 bridgehead atoms. The second kappa shape index (κ2) is 5.63. The van der Waals surface area contributed by atoms with Gasteiger partial charge in [-0.25, -0.2) is 9.97 Å². The van der Waals surface area contributed by atoms with Crippen molar-refractivity contribution in [2.24, 2.45) is 0 Å². The summed E-state index contributed by atoms with van der Waals surface area (Å²) >= 11 is 9.26. The Labute approximate surface area is 103 Å². The molecule has 1 aromatic heterocycles. The summed E-state index contributed by atoms with van der Waals surface area (Å²) in [6, 6.07) is 0. The van der Waals surface area contributed by atoms with E-state index in [4.69, 9.17) is 11.6 Å². The smallest absolute Gasteiger partial charge is 0.148 e. The number of anilines is 1. The highest BCUT2D eigenvalue weighted by Crippen LogP contribution is 2.27. The van der Waals surface area contributed by atoms with E-state index >= 15 is 0 Å². The molecule has 6 heteroatoms. The molecule has 0 aliphatic rings. The normalized spacial score (nSPS) is 10.8. The maximum atomic E-state index is 5.89. The molecule has 0 saturated carbocycles. The summed E-state index contributed by atoms with van der Waals surface area (Å²) < 4.78 is 0.743. The van der Waals surface area contributed by atoms with Crippen molar-refractivity contribution in [1.82, 2.24) is 14.9 Å². The van der Waals surface area contributed by atoms with Gasteiger partial charge in [-0.15, -0.1) is 0 Å². The minimum atomic E-state index is 0.441. The molecule has 84 valence electrons. The average molecular weight is 294 g/mol. The van der Waals surface area contributed by atoms with Crippen molar-refractivity contribution in [3.05, 3.63) is 16.0 Å². The van der Waals surface area contributed by atoms with Gasteiger partial charge in [0.05, 0.1) is 4.47 Å². The highest BCUT2D eigenvalue weighted by molar-refractivity contribution is 9.10. The molecule has 0 aromatic carbocycles. The van der Waals surface area contributed by atoms with E-state index in [1.54, 1.807) is 0 Å². The Kier molecular flexibility index (Phi) is 4.76. The summed E-state index contributed by atoms with van der Waals surface area (Å²) in [6.07, 6.45) is 1.47. The standard InChI is InChI=1S/C9H14BrClN4/c1-14(2)4-5-15(3)9-7(10)8(11)12-6-13-9/h6H,4-5H2,1-3H3. The van der Waals surface area contributed by atoms with Crippen molar-refractivity contribution >= 4 is 33.3 Å². The van der Waals surface area contributed by atoms with Crippen LogP contribution in [0.4, 0.5) is 5.82 Å². The minimum absolute atomic E-state index is 0.441. The monoisotopic (exact) mass is 292 g/mol. The van der Waals surface area contributed by atoms with Gasteiger partial charge in [-0.3, -0.25) is 0 Å². The summed E-state index contributed by atoms with van der Waals surface area (Å²) in [6.45, 7) is 1.85. The molecule has 0 unspecified atom stereocenters. The Morgan fingerprint density at radius 3 is 2.53 bits per heavy atom. The third-order valence-corrected chi connectivity index (χ3v) is 3.22. The molecular formula is C9H14BrClN4. The molecule has 0 amide bonds. The zero-order chi connectivity index (χ0) is 11.4. The fraction of sp³-hybridized carbons (Fsp3) is 0.556. The molecule has 15 heavy (non-hydrogen) atoms. The number of rotatable bonds is 4. The average Bonchev–Trinajstić information content (AvgIpc) is 2.18. The second-order valence-corrected chi connectivity index (χ2v) is 4.68. The topological polar surface area (TPSA) is 32.3 Å². The molecule has 0 fully saturated rings. The zero-order valence-electron chi connectivity index (χ0n) is 9.04. The van der Waals surface area contributed by atoms with Crippen molar-refractivity contribution in [3.8, 4) is 0 Å². The van der Waals surface area contributed by atoms with E-state index in [1.807, 2.05) is 26.0 Å². The van der Waals surface area contributed by atoms with E-state index in [0.29, 0.717) is 5.15 Å². The van der Waals surface area contributed by atoms with Crippen LogP contribution in [0.2, 0.25) is 5.15 Å². The van der Waals surface area contributed by atoms with E-state index in [9.17, 15) is 0 Å². The predicted octanol–water partition coefficient (Wildman–Crippen LogP) is 1.89. The summed E-state index contributed by atoms with van der Waals surface area (Å²) in [5, 5.41) is 0.441. The summed E-state index contributed by atoms with van der Waals surface area (Å²) in [5.74, 6) is 0.817. The van der Waals surface area contributed by atoms with Crippen molar-refractivity contribution in [2.75, 3.05) is 39.1 Å². The molecule has 0 spiro atoms. The third-order valence-electron chi connectivity index (χ3n) is 1.97. The SMILES string of the molecule is CN(C)CCN(C)c1ncnc(Cl)c1Br. The van der Waals surface area contributed by atoms with Crippen LogP contribution < -0.4 is 4.90 Å². The largest absolute Gasteiger partial charge is 0.357 e. The molecule has 0 radical (unpaired) electrons. The first kappa shape index (κ1) is 12.7. The zero-order valence-corrected chi connectivity index (χ0v) is 11.4. The van der Waals surface area contributed by atoms with Crippen molar-refractivity contribution in [2.45, 2.75) is 0 Å². The van der Waals surface area contributed by atoms with E-state index < -0.39 is 0 Å². The maximum Gasteiger partial charge on any atom is 0.148 e. The number of hydrogen-bond donors (Lipinski definition) is 0. The van der Waals surface area contributed by atoms with E-state index in [1.165, 1.54) is 6.33 Å². The molecule has 1 aromatic rings. The number of aromatic nitrogens is 2. The summed E-state index contributed by atoms with van der Waals surface area (Å²) in [7, 11) is 6.05. The number of halogens is 2. The van der Waals surface area contributed by atoms with Gasteiger partial charge >= 0.3 is 0 Å². The van der Waals surface area contributed by atoms with Crippen LogP contribution in [0.1, 0.15) is 0 Å². The highest BCUT2D eigenvalue weighted by Gasteiger charge is 2.10. The van der Waals surface area contributed by atoms with Crippen LogP contribution in [0.3, 0.4) is 0 Å². The van der Waals surface area contributed by atoms with Gasteiger partial charge in [0, 0.05) is 20.1 Å². The lowest BCUT2D eigenvalue weighted by atomic mass is 10.4. The number of nitrogens with zero attached hydrogens (tertiary/aromatic N) is 4. The van der Waals surface area contributed by atoms with Gasteiger partial charge in [0.1, 0.15) is 17.3 Å². The van der Waals surface area contributed by atoms with Gasteiger partial charge in [0.15, 0.2) is 0 Å². The first-order valence-corrected chi connectivity index (χ1v) is 5.71. The molecule has 0 aliphatic heterocycles. The van der Waals surface area contributed by atoms with Crippen LogP contribution in [-0.4, -0.2) is 49.1 Å². The lowest BCUT2D eigenvalue weighted by molar-refractivity contribution is 0.416. The highest BCUT2D eigenvalue weighted by atomic mass is 79.9. The summed E-state index contributed by atoms with van der Waals surface area (Å²) in [5.41, 5.74) is 0. The van der Waals surface area contributed by atoms with Crippen molar-refractivity contribution in [1.29, 1.82) is 0 Å². The van der Waals surface area contributed by atoms with Gasteiger partial charge in [-0.1, -0.05) is 11.6 Å². The van der Waals surface area contributed by atoms with Crippen molar-refractivity contribution in [3.63, 3.8) is 0 Å². The number of likely N-dealkylation sites (N-methyl/N-ethyl adjacent to an activating group) is 2. The summed E-state index contributed by atoms with van der Waals surface area (Å²) in [4.78, 5) is 12.2. The van der Waals surface area contributed by atoms with Crippen LogP contribution in [0.25, 0.3) is 0 Å². The first-order chi connectivity index (χ1) is 7.02. The second-order valence-electron chi connectivity index (χ2n) is 3.53. The van der Waals surface area contributed by atoms with E-state index in [2.05, 4.69) is 30.8 Å². The minimum Gasteiger partial charge on any atom is -0.357 e. The maximum absolute atomic E-state index is 5.89. The Bertz CT molecular complexity index is 332. The molecule has 0 N–H and O–H groups in total. The first-order valence-electron chi connectivity index (χ1n) is 4.54. The Hall–Kier alpha value is -0.390. The Balaban J connectivity index is 2.73. The lowest BCUT2D eigenvalue weighted by Gasteiger charge is -2.21. The van der Waals surface area contributed by atoms with Gasteiger partial charge in [-0.05, 0) is 30.0 Å². The number of hydrogen-bond acceptors (Lipinski definition) is 4. The van der Waals surface area contributed by atoms with Crippen LogP contribution in [0.5, 0.6) is 0 Å². The molecule has 4 nitrogen and oxygen atoms in total. The lowest BCUT2D eigenvalue weighted by Crippen LogP contribution is -2.29. The van der Waals surface area contributed by atoms with Gasteiger partial charge in [0.2, 0.25) is 0 Å². The van der Waals surface area contributed by atoms with Crippen LogP contribution in [0, 0.1) is 0 Å². The third kappa shape index (κ3) is 3.59. The van der Waals surface area contributed by atoms with Gasteiger partial charge < -0.3 is 9.80 Å². The molecule has 1 rings (SSSR count). The fourth-order valence-corrected chi connectivity index (χ4v) is 1.70. The molecule has 0 saturated heterocycles. The predicted molar refractivity (Wildman–Crippen MR) is 66.6 cm³/mol. The van der Waals surface area contributed by atoms with Gasteiger partial charge in [-0.2, -0.15) is 0 Å². The van der Waals surface area contributed by atoms with Crippen molar-refractivity contribution < 1.29 is 0 Å². The van der Waals surface area contributed by atoms with Crippen LogP contribution in [-0.2, 0) is 0 Å². The van der Waals surface area contributed by atoms with Crippen LogP contribution >= 0.6 is 27.5 Å². The molecular weight excluding hydrogens is 279 g/mol. The Morgan fingerprint density at radius 1 is 1.27 bits per heavy atom. The fourth-order valence-electron chi connectivity index (χ4n) is 1.06. The quantitative estimate of drug-likeness (QED) is 0.794. The Morgan fingerprint density at radius 2 is 1.93 bits per heavy atom. The molecule has 0 aliphatic carbocycles.